The van der Waals surface area contributed by atoms with Gasteiger partial charge in [0.25, 0.3) is 0 Å². The molecule has 0 spiro atoms. The molecule has 0 rings (SSSR count). The summed E-state index contributed by atoms with van der Waals surface area (Å²) in [7, 11) is 0. The highest BCUT2D eigenvalue weighted by Crippen LogP contribution is 2.21. The lowest BCUT2D eigenvalue weighted by Gasteiger charge is -2.27. The van der Waals surface area contributed by atoms with Crippen molar-refractivity contribution < 1.29 is 9.53 Å². The highest BCUT2D eigenvalue weighted by Gasteiger charge is 2.23. The van der Waals surface area contributed by atoms with E-state index in [1.54, 1.807) is 0 Å². The second kappa shape index (κ2) is 4.49. The number of nitrogens with one attached hydrogen (secondary N) is 1. The first-order valence-corrected chi connectivity index (χ1v) is 4.70. The first kappa shape index (κ1) is 12.3. The zero-order valence-electron chi connectivity index (χ0n) is 9.47. The van der Waals surface area contributed by atoms with Gasteiger partial charge in [-0.05, 0) is 26.2 Å². The summed E-state index contributed by atoms with van der Waals surface area (Å²) in [6, 6.07) is 0.125. The van der Waals surface area contributed by atoms with Gasteiger partial charge in [-0.15, -0.1) is 0 Å². The summed E-state index contributed by atoms with van der Waals surface area (Å²) >= 11 is 0. The highest BCUT2D eigenvalue weighted by molar-refractivity contribution is 5.67. The van der Waals surface area contributed by atoms with Crippen LogP contribution in [0.25, 0.3) is 0 Å². The van der Waals surface area contributed by atoms with Crippen LogP contribution < -0.4 is 5.32 Å². The molecule has 13 heavy (non-hydrogen) atoms. The summed E-state index contributed by atoms with van der Waals surface area (Å²) in [5, 5.41) is 2.68. The van der Waals surface area contributed by atoms with E-state index in [2.05, 4.69) is 5.32 Å². The number of carbonyl (C=O) groups is 1. The van der Waals surface area contributed by atoms with Crippen LogP contribution in [0, 0.1) is 5.41 Å². The molecule has 0 saturated carbocycles. The molecular formula is C10H21NO2. The van der Waals surface area contributed by atoms with Crippen LogP contribution in [0.4, 0.5) is 4.79 Å². The lowest BCUT2D eigenvalue weighted by molar-refractivity contribution is 0.0425. The second-order valence-electron chi connectivity index (χ2n) is 4.71. The summed E-state index contributed by atoms with van der Waals surface area (Å²) in [4.78, 5) is 11.2. The molecule has 0 aliphatic carbocycles. The maximum Gasteiger partial charge on any atom is 0.407 e. The molecule has 3 heteroatoms. The average Bonchev–Trinajstić information content (AvgIpc) is 1.82. The molecule has 1 atom stereocenters. The van der Waals surface area contributed by atoms with Crippen LogP contribution in [-0.4, -0.2) is 18.2 Å². The Kier molecular flexibility index (Phi) is 4.24. The molecule has 0 aliphatic heterocycles. The van der Waals surface area contributed by atoms with Gasteiger partial charge in [0, 0.05) is 6.04 Å². The number of amides is 1. The van der Waals surface area contributed by atoms with Gasteiger partial charge in [-0.1, -0.05) is 20.8 Å². The average molecular weight is 187 g/mol. The molecule has 3 nitrogen and oxygen atoms in total. The minimum atomic E-state index is -0.336. The number of rotatable bonds is 2. The topological polar surface area (TPSA) is 38.3 Å². The van der Waals surface area contributed by atoms with Crippen LogP contribution in [0.2, 0.25) is 0 Å². The van der Waals surface area contributed by atoms with Crippen molar-refractivity contribution in [1.82, 2.24) is 5.32 Å². The number of ether oxygens (including phenoxy) is 1. The van der Waals surface area contributed by atoms with Gasteiger partial charge in [-0.25, -0.2) is 4.79 Å². The fraction of sp³-hybridized carbons (Fsp3) is 0.900. The third kappa shape index (κ3) is 5.50. The molecule has 0 aromatic heterocycles. The summed E-state index contributed by atoms with van der Waals surface area (Å²) in [5.74, 6) is 0. The second-order valence-corrected chi connectivity index (χ2v) is 4.71. The third-order valence-electron chi connectivity index (χ3n) is 1.91. The Morgan fingerprint density at radius 1 is 1.23 bits per heavy atom. The van der Waals surface area contributed by atoms with Crippen molar-refractivity contribution in [3.63, 3.8) is 0 Å². The van der Waals surface area contributed by atoms with Gasteiger partial charge in [-0.2, -0.15) is 0 Å². The van der Waals surface area contributed by atoms with Crippen molar-refractivity contribution in [2.45, 2.75) is 53.7 Å². The molecule has 1 N–H and O–H groups in total. The van der Waals surface area contributed by atoms with Gasteiger partial charge in [0.05, 0.1) is 0 Å². The van der Waals surface area contributed by atoms with Crippen LogP contribution in [0.5, 0.6) is 0 Å². The quantitative estimate of drug-likeness (QED) is 0.721. The Morgan fingerprint density at radius 2 is 1.69 bits per heavy atom. The number of carbonyl (C=O) groups excluding carboxylic acids is 1. The molecular weight excluding hydrogens is 166 g/mol. The van der Waals surface area contributed by atoms with E-state index in [0.717, 1.165) is 0 Å². The van der Waals surface area contributed by atoms with Crippen LogP contribution in [0.15, 0.2) is 0 Å². The SMILES string of the molecule is CC(C)NC(=O)O[C@H](C)C(C)(C)C. The first-order valence-electron chi connectivity index (χ1n) is 4.70. The van der Waals surface area contributed by atoms with E-state index in [1.807, 2.05) is 41.5 Å². The lowest BCUT2D eigenvalue weighted by atomic mass is 9.90. The predicted octanol–water partition coefficient (Wildman–Crippen LogP) is 2.56. The van der Waals surface area contributed by atoms with E-state index in [0.29, 0.717) is 0 Å². The normalized spacial score (nSPS) is 14.1. The molecule has 0 unspecified atom stereocenters. The molecule has 0 fully saturated rings. The van der Waals surface area contributed by atoms with Crippen LogP contribution in [-0.2, 0) is 4.74 Å². The summed E-state index contributed by atoms with van der Waals surface area (Å²) < 4.78 is 5.18. The largest absolute Gasteiger partial charge is 0.446 e. The fourth-order valence-electron chi connectivity index (χ4n) is 0.607. The number of hydrogen-bond donors (Lipinski definition) is 1. The first-order chi connectivity index (χ1) is 5.73. The maximum atomic E-state index is 11.2. The monoisotopic (exact) mass is 187 g/mol. The van der Waals surface area contributed by atoms with Crippen LogP contribution >= 0.6 is 0 Å². The van der Waals surface area contributed by atoms with E-state index in [1.165, 1.54) is 0 Å². The van der Waals surface area contributed by atoms with E-state index < -0.39 is 0 Å². The zero-order chi connectivity index (χ0) is 10.6. The predicted molar refractivity (Wildman–Crippen MR) is 53.7 cm³/mol. The molecule has 0 radical (unpaired) electrons. The van der Waals surface area contributed by atoms with Gasteiger partial charge in [0.1, 0.15) is 6.10 Å². The smallest absolute Gasteiger partial charge is 0.407 e. The molecule has 0 aromatic carbocycles. The summed E-state index contributed by atoms with van der Waals surface area (Å²) in [5.41, 5.74) is -0.00564. The maximum absolute atomic E-state index is 11.2. The molecule has 0 saturated heterocycles. The Labute approximate surface area is 80.8 Å². The van der Waals surface area contributed by atoms with Crippen molar-refractivity contribution in [3.8, 4) is 0 Å². The van der Waals surface area contributed by atoms with Crippen molar-refractivity contribution in [2.24, 2.45) is 5.41 Å². The Morgan fingerprint density at radius 3 is 2.00 bits per heavy atom. The lowest BCUT2D eigenvalue weighted by Crippen LogP contribution is -2.37. The fourth-order valence-corrected chi connectivity index (χ4v) is 0.607. The van der Waals surface area contributed by atoms with Crippen molar-refractivity contribution >= 4 is 6.09 Å². The van der Waals surface area contributed by atoms with Gasteiger partial charge in [0.15, 0.2) is 0 Å². The Balaban J connectivity index is 3.93. The molecule has 0 bridgehead atoms. The molecule has 78 valence electrons. The summed E-state index contributed by atoms with van der Waals surface area (Å²) in [6.07, 6.45) is -0.413. The minimum Gasteiger partial charge on any atom is -0.446 e. The van der Waals surface area contributed by atoms with Crippen molar-refractivity contribution in [1.29, 1.82) is 0 Å². The van der Waals surface area contributed by atoms with Crippen molar-refractivity contribution in [3.05, 3.63) is 0 Å². The Bertz CT molecular complexity index is 170. The number of hydrogen-bond acceptors (Lipinski definition) is 2. The van der Waals surface area contributed by atoms with Crippen LogP contribution in [0.3, 0.4) is 0 Å². The molecule has 0 aliphatic rings. The Hall–Kier alpha value is -0.730. The van der Waals surface area contributed by atoms with Gasteiger partial charge in [0.2, 0.25) is 0 Å². The highest BCUT2D eigenvalue weighted by atomic mass is 16.6. The zero-order valence-corrected chi connectivity index (χ0v) is 9.47. The van der Waals surface area contributed by atoms with Gasteiger partial charge >= 0.3 is 6.09 Å². The van der Waals surface area contributed by atoms with Crippen LogP contribution in [0.1, 0.15) is 41.5 Å². The van der Waals surface area contributed by atoms with Gasteiger partial charge < -0.3 is 10.1 Å². The standard InChI is InChI=1S/C10H21NO2/c1-7(2)11-9(12)13-8(3)10(4,5)6/h7-8H,1-6H3,(H,11,12)/t8-/m1/s1. The minimum absolute atomic E-state index is 0.00564. The van der Waals surface area contributed by atoms with E-state index in [4.69, 9.17) is 4.74 Å². The summed E-state index contributed by atoms with van der Waals surface area (Å²) in [6.45, 7) is 11.8. The molecule has 0 aromatic rings. The molecule has 0 heterocycles. The van der Waals surface area contributed by atoms with Crippen molar-refractivity contribution in [2.75, 3.05) is 0 Å². The van der Waals surface area contributed by atoms with E-state index in [9.17, 15) is 4.79 Å². The number of alkyl carbamates (subject to hydrolysis) is 1. The third-order valence-corrected chi connectivity index (χ3v) is 1.91. The molecule has 1 amide bonds. The van der Waals surface area contributed by atoms with E-state index >= 15 is 0 Å². The van der Waals surface area contributed by atoms with Gasteiger partial charge in [-0.3, -0.25) is 0 Å². The van der Waals surface area contributed by atoms with E-state index in [-0.39, 0.29) is 23.7 Å².